The van der Waals surface area contributed by atoms with Crippen LogP contribution in [0, 0.1) is 13.8 Å². The van der Waals surface area contributed by atoms with Crippen molar-refractivity contribution in [3.63, 3.8) is 0 Å². The van der Waals surface area contributed by atoms with Gasteiger partial charge in [0.1, 0.15) is 6.10 Å². The lowest BCUT2D eigenvalue weighted by Gasteiger charge is -2.05. The van der Waals surface area contributed by atoms with Gasteiger partial charge in [-0.1, -0.05) is 5.16 Å². The molecule has 0 amide bonds. The molecule has 0 fully saturated rings. The molecule has 2 aromatic heterocycles. The second-order valence-electron chi connectivity index (χ2n) is 5.15. The maximum atomic E-state index is 5.47. The summed E-state index contributed by atoms with van der Waals surface area (Å²) in [6.07, 6.45) is -0.187. The Bertz CT molecular complexity index is 813. The molecule has 3 rings (SSSR count). The molecule has 1 aromatic carbocycles. The highest BCUT2D eigenvalue weighted by molar-refractivity contribution is 5.79. The van der Waals surface area contributed by atoms with Crippen molar-refractivity contribution in [1.29, 1.82) is 0 Å². The summed E-state index contributed by atoms with van der Waals surface area (Å²) in [5.41, 5.74) is 4.35. The zero-order valence-electron chi connectivity index (χ0n) is 13.1. The number of nitrogens with zero attached hydrogens (tertiary/aromatic N) is 4. The van der Waals surface area contributed by atoms with Crippen LogP contribution in [0.1, 0.15) is 37.2 Å². The average Bonchev–Trinajstić information content (AvgIpc) is 2.98. The van der Waals surface area contributed by atoms with Crippen LogP contribution < -0.4 is 0 Å². The number of rotatable bonds is 4. The highest BCUT2D eigenvalue weighted by Gasteiger charge is 2.15. The summed E-state index contributed by atoms with van der Waals surface area (Å²) in [6.45, 7) is 8.34. The molecule has 1 atom stereocenters. The molecule has 2 heterocycles. The van der Waals surface area contributed by atoms with Gasteiger partial charge in [-0.15, -0.1) is 0 Å². The second-order valence-corrected chi connectivity index (χ2v) is 5.15. The number of ether oxygens (including phenoxy) is 1. The van der Waals surface area contributed by atoms with Gasteiger partial charge < -0.3 is 9.26 Å². The van der Waals surface area contributed by atoms with E-state index in [1.165, 1.54) is 0 Å². The number of hydrogen-bond acceptors (Lipinski definition) is 6. The minimum absolute atomic E-state index is 0.187. The van der Waals surface area contributed by atoms with Crippen LogP contribution >= 0.6 is 0 Å². The van der Waals surface area contributed by atoms with E-state index in [0.29, 0.717) is 18.3 Å². The normalized spacial score (nSPS) is 12.7. The minimum atomic E-state index is -0.187. The molecule has 1 unspecified atom stereocenters. The fourth-order valence-electron chi connectivity index (χ4n) is 2.21. The highest BCUT2D eigenvalue weighted by Crippen LogP contribution is 2.24. The number of aromatic nitrogens is 4. The van der Waals surface area contributed by atoms with E-state index in [-0.39, 0.29) is 6.10 Å². The summed E-state index contributed by atoms with van der Waals surface area (Å²) >= 11 is 0. The van der Waals surface area contributed by atoms with Gasteiger partial charge in [-0.2, -0.15) is 4.98 Å². The predicted molar refractivity (Wildman–Crippen MR) is 82.3 cm³/mol. The molecule has 0 aliphatic rings. The first-order valence-electron chi connectivity index (χ1n) is 7.29. The summed E-state index contributed by atoms with van der Waals surface area (Å²) < 4.78 is 10.8. The first-order valence-corrected chi connectivity index (χ1v) is 7.29. The van der Waals surface area contributed by atoms with Gasteiger partial charge in [0, 0.05) is 12.2 Å². The van der Waals surface area contributed by atoms with Crippen molar-refractivity contribution in [3.05, 3.63) is 35.4 Å². The van der Waals surface area contributed by atoms with Crippen molar-refractivity contribution in [2.24, 2.45) is 0 Å². The fraction of sp³-hybridized carbons (Fsp3) is 0.375. The molecule has 22 heavy (non-hydrogen) atoms. The van der Waals surface area contributed by atoms with Crippen LogP contribution in [0.15, 0.2) is 22.7 Å². The number of fused-ring (bicyclic) bond motifs is 1. The maximum absolute atomic E-state index is 5.47. The molecule has 0 radical (unpaired) electrons. The zero-order valence-corrected chi connectivity index (χ0v) is 13.1. The van der Waals surface area contributed by atoms with Crippen molar-refractivity contribution in [3.8, 4) is 11.5 Å². The van der Waals surface area contributed by atoms with E-state index in [1.807, 2.05) is 45.9 Å². The van der Waals surface area contributed by atoms with Crippen molar-refractivity contribution < 1.29 is 9.26 Å². The summed E-state index contributed by atoms with van der Waals surface area (Å²) in [4.78, 5) is 13.5. The Morgan fingerprint density at radius 1 is 1.09 bits per heavy atom. The minimum Gasteiger partial charge on any atom is -0.371 e. The fourth-order valence-corrected chi connectivity index (χ4v) is 2.21. The third-order valence-electron chi connectivity index (χ3n) is 3.54. The predicted octanol–water partition coefficient (Wildman–Crippen LogP) is 3.39. The number of benzene rings is 1. The quantitative estimate of drug-likeness (QED) is 0.735. The van der Waals surface area contributed by atoms with Crippen LogP contribution in [-0.2, 0) is 4.74 Å². The smallest absolute Gasteiger partial charge is 0.258 e. The van der Waals surface area contributed by atoms with Crippen molar-refractivity contribution in [2.75, 3.05) is 6.61 Å². The molecule has 6 heteroatoms. The van der Waals surface area contributed by atoms with Gasteiger partial charge in [-0.05, 0) is 45.9 Å². The Labute approximate surface area is 128 Å². The van der Waals surface area contributed by atoms with Crippen LogP contribution in [-0.4, -0.2) is 26.7 Å². The maximum Gasteiger partial charge on any atom is 0.258 e. The molecule has 0 saturated heterocycles. The highest BCUT2D eigenvalue weighted by atomic mass is 16.5. The van der Waals surface area contributed by atoms with Gasteiger partial charge in [-0.25, -0.2) is 9.97 Å². The zero-order chi connectivity index (χ0) is 15.7. The van der Waals surface area contributed by atoms with Gasteiger partial charge in [0.25, 0.3) is 5.89 Å². The first kappa shape index (κ1) is 14.6. The van der Waals surface area contributed by atoms with Crippen LogP contribution in [0.3, 0.4) is 0 Å². The third kappa shape index (κ3) is 2.69. The van der Waals surface area contributed by atoms with Crippen molar-refractivity contribution in [1.82, 2.24) is 20.1 Å². The summed E-state index contributed by atoms with van der Waals surface area (Å²) in [7, 11) is 0. The van der Waals surface area contributed by atoms with E-state index >= 15 is 0 Å². The van der Waals surface area contributed by atoms with Gasteiger partial charge in [0.2, 0.25) is 5.82 Å². The SMILES string of the molecule is CCOC(C)c1noc(-c2ccc3nc(C)c(C)nc3c2)n1. The lowest BCUT2D eigenvalue weighted by atomic mass is 10.2. The summed E-state index contributed by atoms with van der Waals surface area (Å²) in [5, 5.41) is 3.98. The molecule has 0 bridgehead atoms. The van der Waals surface area contributed by atoms with E-state index in [0.717, 1.165) is 28.0 Å². The molecule has 0 N–H and O–H groups in total. The third-order valence-corrected chi connectivity index (χ3v) is 3.54. The van der Waals surface area contributed by atoms with E-state index in [1.54, 1.807) is 0 Å². The topological polar surface area (TPSA) is 73.9 Å². The van der Waals surface area contributed by atoms with Crippen molar-refractivity contribution in [2.45, 2.75) is 33.8 Å². The molecule has 114 valence electrons. The van der Waals surface area contributed by atoms with Gasteiger partial charge >= 0.3 is 0 Å². The Kier molecular flexibility index (Phi) is 3.85. The van der Waals surface area contributed by atoms with Crippen LogP contribution in [0.5, 0.6) is 0 Å². The van der Waals surface area contributed by atoms with Gasteiger partial charge in [0.15, 0.2) is 0 Å². The Morgan fingerprint density at radius 2 is 1.82 bits per heavy atom. The van der Waals surface area contributed by atoms with E-state index in [4.69, 9.17) is 9.26 Å². The molecule has 0 aliphatic heterocycles. The lowest BCUT2D eigenvalue weighted by Crippen LogP contribution is -2.01. The second kappa shape index (κ2) is 5.81. The Balaban J connectivity index is 1.98. The summed E-state index contributed by atoms with van der Waals surface area (Å²) in [5.74, 6) is 1.01. The average molecular weight is 298 g/mol. The van der Waals surface area contributed by atoms with Crippen molar-refractivity contribution >= 4 is 11.0 Å². The number of hydrogen-bond donors (Lipinski definition) is 0. The standard InChI is InChI=1S/C16H18N4O2/c1-5-21-11(4)15-19-16(22-20-15)12-6-7-13-14(8-12)18-10(3)9(2)17-13/h6-8,11H,5H2,1-4H3. The first-order chi connectivity index (χ1) is 10.6. The van der Waals surface area contributed by atoms with Gasteiger partial charge in [0.05, 0.1) is 22.4 Å². The Morgan fingerprint density at radius 3 is 2.55 bits per heavy atom. The molecule has 0 spiro atoms. The van der Waals surface area contributed by atoms with Crippen LogP contribution in [0.4, 0.5) is 0 Å². The summed E-state index contributed by atoms with van der Waals surface area (Å²) in [6, 6.07) is 5.74. The molecular formula is C16H18N4O2. The number of aryl methyl sites for hydroxylation is 2. The van der Waals surface area contributed by atoms with E-state index in [9.17, 15) is 0 Å². The van der Waals surface area contributed by atoms with Crippen LogP contribution in [0.2, 0.25) is 0 Å². The molecule has 6 nitrogen and oxygen atoms in total. The Hall–Kier alpha value is -2.34. The largest absolute Gasteiger partial charge is 0.371 e. The van der Waals surface area contributed by atoms with E-state index in [2.05, 4.69) is 20.1 Å². The molecule has 3 aromatic rings. The lowest BCUT2D eigenvalue weighted by molar-refractivity contribution is 0.0683. The molecule has 0 saturated carbocycles. The monoisotopic (exact) mass is 298 g/mol. The molecule has 0 aliphatic carbocycles. The van der Waals surface area contributed by atoms with Crippen LogP contribution in [0.25, 0.3) is 22.5 Å². The van der Waals surface area contributed by atoms with E-state index < -0.39 is 0 Å². The molecular weight excluding hydrogens is 280 g/mol. The van der Waals surface area contributed by atoms with Gasteiger partial charge in [-0.3, -0.25) is 0 Å².